The molecule has 0 fully saturated rings. The minimum Gasteiger partial charge on any atom is -0.326 e. The second-order valence-corrected chi connectivity index (χ2v) is 4.67. The summed E-state index contributed by atoms with van der Waals surface area (Å²) in [6.45, 7) is 5.31. The third-order valence-corrected chi connectivity index (χ3v) is 2.08. The Bertz CT molecular complexity index is 396. The fourth-order valence-corrected chi connectivity index (χ4v) is 1.38. The quantitative estimate of drug-likeness (QED) is 0.827. The van der Waals surface area contributed by atoms with Crippen LogP contribution in [0.25, 0.3) is 0 Å². The van der Waals surface area contributed by atoms with Gasteiger partial charge in [-0.15, -0.1) is 0 Å². The van der Waals surface area contributed by atoms with Crippen molar-refractivity contribution in [1.82, 2.24) is 0 Å². The molecule has 16 heavy (non-hydrogen) atoms. The fourth-order valence-electron chi connectivity index (χ4n) is 1.38. The highest BCUT2D eigenvalue weighted by Crippen LogP contribution is 2.16. The predicted octanol–water partition coefficient (Wildman–Crippen LogP) is 2.20. The molecular weight excluding hydrogens is 207 g/mol. The maximum atomic E-state index is 12.8. The number of nitrogens with one attached hydrogen (secondary N) is 1. The Hall–Kier alpha value is -1.42. The molecule has 1 rings (SSSR count). The maximum Gasteiger partial charge on any atom is 0.226 e. The van der Waals surface area contributed by atoms with E-state index < -0.39 is 5.54 Å². The average Bonchev–Trinajstić information content (AvgIpc) is 2.06. The fraction of sp³-hybridized carbons (Fsp3) is 0.417. The van der Waals surface area contributed by atoms with Crippen molar-refractivity contribution in [3.63, 3.8) is 0 Å². The summed E-state index contributed by atoms with van der Waals surface area (Å²) in [7, 11) is 0. The monoisotopic (exact) mass is 224 g/mol. The Labute approximate surface area is 94.8 Å². The van der Waals surface area contributed by atoms with Gasteiger partial charge in [0.05, 0.1) is 0 Å². The van der Waals surface area contributed by atoms with Crippen molar-refractivity contribution in [1.29, 1.82) is 0 Å². The highest BCUT2D eigenvalue weighted by Gasteiger charge is 2.16. The van der Waals surface area contributed by atoms with Crippen LogP contribution in [0.5, 0.6) is 0 Å². The lowest BCUT2D eigenvalue weighted by Gasteiger charge is -2.18. The highest BCUT2D eigenvalue weighted by atomic mass is 19.1. The van der Waals surface area contributed by atoms with Gasteiger partial charge in [0.15, 0.2) is 0 Å². The van der Waals surface area contributed by atoms with Gasteiger partial charge in [0.2, 0.25) is 5.91 Å². The number of benzene rings is 1. The Kier molecular flexibility index (Phi) is 3.65. The van der Waals surface area contributed by atoms with E-state index in [2.05, 4.69) is 5.32 Å². The zero-order valence-corrected chi connectivity index (χ0v) is 9.80. The molecule has 4 heteroatoms. The lowest BCUT2D eigenvalue weighted by molar-refractivity contribution is -0.117. The molecule has 0 spiro atoms. The van der Waals surface area contributed by atoms with Crippen LogP contribution < -0.4 is 11.1 Å². The average molecular weight is 224 g/mol. The number of rotatable bonds is 3. The topological polar surface area (TPSA) is 55.1 Å². The summed E-state index contributed by atoms with van der Waals surface area (Å²) in [6.07, 6.45) is 0.226. The van der Waals surface area contributed by atoms with Crippen molar-refractivity contribution >= 4 is 11.6 Å². The molecule has 0 aliphatic rings. The van der Waals surface area contributed by atoms with Gasteiger partial charge in [0, 0.05) is 17.6 Å². The van der Waals surface area contributed by atoms with Gasteiger partial charge in [-0.05, 0) is 44.5 Å². The molecule has 0 saturated carbocycles. The number of hydrogen-bond acceptors (Lipinski definition) is 2. The van der Waals surface area contributed by atoms with Gasteiger partial charge in [-0.2, -0.15) is 0 Å². The largest absolute Gasteiger partial charge is 0.326 e. The Balaban J connectivity index is 2.70. The standard InChI is InChI=1S/C12H17FN2O/c1-8-6-9(13)4-5-10(8)15-11(16)7-12(2,3)14/h4-6H,7,14H2,1-3H3,(H,15,16). The summed E-state index contributed by atoms with van der Waals surface area (Å²) in [4.78, 5) is 11.6. The second kappa shape index (κ2) is 4.61. The van der Waals surface area contributed by atoms with Crippen molar-refractivity contribution in [3.05, 3.63) is 29.6 Å². The van der Waals surface area contributed by atoms with Crippen molar-refractivity contribution in [2.24, 2.45) is 5.73 Å². The van der Waals surface area contributed by atoms with Crippen LogP contribution in [0.4, 0.5) is 10.1 Å². The molecule has 0 aliphatic heterocycles. The van der Waals surface area contributed by atoms with E-state index in [9.17, 15) is 9.18 Å². The highest BCUT2D eigenvalue weighted by molar-refractivity contribution is 5.92. The minimum atomic E-state index is -0.544. The SMILES string of the molecule is Cc1cc(F)ccc1NC(=O)CC(C)(C)N. The van der Waals surface area contributed by atoms with Crippen LogP contribution in [0.3, 0.4) is 0 Å². The van der Waals surface area contributed by atoms with E-state index in [4.69, 9.17) is 5.73 Å². The van der Waals surface area contributed by atoms with Crippen LogP contribution in [0, 0.1) is 12.7 Å². The number of anilines is 1. The van der Waals surface area contributed by atoms with Crippen LogP contribution in [0.15, 0.2) is 18.2 Å². The van der Waals surface area contributed by atoms with E-state index in [0.717, 1.165) is 0 Å². The van der Waals surface area contributed by atoms with Gasteiger partial charge in [0.1, 0.15) is 5.82 Å². The maximum absolute atomic E-state index is 12.8. The Morgan fingerprint density at radius 2 is 2.12 bits per heavy atom. The second-order valence-electron chi connectivity index (χ2n) is 4.67. The Morgan fingerprint density at radius 3 is 2.62 bits per heavy atom. The molecule has 0 saturated heterocycles. The summed E-state index contributed by atoms with van der Waals surface area (Å²) >= 11 is 0. The number of amides is 1. The molecule has 0 atom stereocenters. The summed E-state index contributed by atoms with van der Waals surface area (Å²) in [5, 5.41) is 2.71. The first-order valence-electron chi connectivity index (χ1n) is 5.13. The molecule has 0 aromatic heterocycles. The van der Waals surface area contributed by atoms with Gasteiger partial charge in [-0.1, -0.05) is 0 Å². The lowest BCUT2D eigenvalue weighted by Crippen LogP contribution is -2.36. The molecule has 0 unspecified atom stereocenters. The number of halogens is 1. The van der Waals surface area contributed by atoms with Crippen molar-refractivity contribution in [2.45, 2.75) is 32.7 Å². The van der Waals surface area contributed by atoms with Gasteiger partial charge in [0.25, 0.3) is 0 Å². The van der Waals surface area contributed by atoms with Crippen LogP contribution in [0.1, 0.15) is 25.8 Å². The number of carbonyl (C=O) groups excluding carboxylic acids is 1. The molecule has 0 radical (unpaired) electrons. The van der Waals surface area contributed by atoms with E-state index in [-0.39, 0.29) is 18.1 Å². The van der Waals surface area contributed by atoms with E-state index in [1.165, 1.54) is 12.1 Å². The molecule has 1 aromatic carbocycles. The molecule has 0 bridgehead atoms. The van der Waals surface area contributed by atoms with E-state index >= 15 is 0 Å². The van der Waals surface area contributed by atoms with Crippen LogP contribution >= 0.6 is 0 Å². The minimum absolute atomic E-state index is 0.165. The third-order valence-electron chi connectivity index (χ3n) is 2.08. The van der Waals surface area contributed by atoms with Crippen LogP contribution in [-0.2, 0) is 4.79 Å². The first kappa shape index (κ1) is 12.6. The van der Waals surface area contributed by atoms with Gasteiger partial charge in [-0.3, -0.25) is 4.79 Å². The number of carbonyl (C=O) groups is 1. The smallest absolute Gasteiger partial charge is 0.226 e. The lowest BCUT2D eigenvalue weighted by atomic mass is 10.0. The molecular formula is C12H17FN2O. The normalized spacial score (nSPS) is 11.3. The number of hydrogen-bond donors (Lipinski definition) is 2. The first-order chi connectivity index (χ1) is 7.28. The van der Waals surface area contributed by atoms with Crippen molar-refractivity contribution in [2.75, 3.05) is 5.32 Å². The third kappa shape index (κ3) is 3.98. The molecule has 88 valence electrons. The van der Waals surface area contributed by atoms with E-state index in [1.54, 1.807) is 26.8 Å². The van der Waals surface area contributed by atoms with Crippen LogP contribution in [-0.4, -0.2) is 11.4 Å². The molecule has 0 heterocycles. The molecule has 3 N–H and O–H groups in total. The summed E-state index contributed by atoms with van der Waals surface area (Å²) in [6, 6.07) is 4.24. The van der Waals surface area contributed by atoms with E-state index in [0.29, 0.717) is 11.3 Å². The summed E-state index contributed by atoms with van der Waals surface area (Å²) in [5.41, 5.74) is 6.51. The number of nitrogens with two attached hydrogens (primary N) is 1. The van der Waals surface area contributed by atoms with E-state index in [1.807, 2.05) is 0 Å². The van der Waals surface area contributed by atoms with Gasteiger partial charge in [-0.25, -0.2) is 4.39 Å². The van der Waals surface area contributed by atoms with Gasteiger partial charge < -0.3 is 11.1 Å². The zero-order valence-electron chi connectivity index (χ0n) is 9.80. The molecule has 0 aliphatic carbocycles. The first-order valence-corrected chi connectivity index (χ1v) is 5.13. The summed E-state index contributed by atoms with van der Waals surface area (Å²) in [5.74, 6) is -0.475. The van der Waals surface area contributed by atoms with Crippen LogP contribution in [0.2, 0.25) is 0 Å². The Morgan fingerprint density at radius 1 is 1.50 bits per heavy atom. The molecule has 1 aromatic rings. The van der Waals surface area contributed by atoms with Crippen molar-refractivity contribution < 1.29 is 9.18 Å². The predicted molar refractivity (Wildman–Crippen MR) is 62.7 cm³/mol. The number of aryl methyl sites for hydroxylation is 1. The molecule has 1 amide bonds. The van der Waals surface area contributed by atoms with Crippen molar-refractivity contribution in [3.8, 4) is 0 Å². The van der Waals surface area contributed by atoms with Gasteiger partial charge >= 0.3 is 0 Å². The zero-order chi connectivity index (χ0) is 12.3. The summed E-state index contributed by atoms with van der Waals surface area (Å²) < 4.78 is 12.8. The molecule has 3 nitrogen and oxygen atoms in total.